The Morgan fingerprint density at radius 1 is 1.30 bits per heavy atom. The van der Waals surface area contributed by atoms with Gasteiger partial charge < -0.3 is 0 Å². The molecule has 20 heavy (non-hydrogen) atoms. The number of benzene rings is 1. The third-order valence-corrected chi connectivity index (χ3v) is 4.01. The van der Waals surface area contributed by atoms with E-state index in [-0.39, 0.29) is 5.92 Å². The van der Waals surface area contributed by atoms with Crippen molar-refractivity contribution in [2.75, 3.05) is 0 Å². The number of ketones is 1. The Hall–Kier alpha value is -2.04. The molecule has 3 rings (SSSR count). The molecule has 0 N–H and O–H groups in total. The normalized spacial score (nSPS) is 22.9. The molecule has 0 saturated heterocycles. The van der Waals surface area contributed by atoms with Crippen molar-refractivity contribution in [2.45, 2.75) is 31.6 Å². The van der Waals surface area contributed by atoms with Gasteiger partial charge in [-0.25, -0.2) is 0 Å². The second kappa shape index (κ2) is 5.53. The van der Waals surface area contributed by atoms with Crippen LogP contribution < -0.4 is 0 Å². The monoisotopic (exact) mass is 270 g/mol. The lowest BCUT2D eigenvalue weighted by Gasteiger charge is -2.27. The molecule has 1 saturated carbocycles. The zero-order valence-corrected chi connectivity index (χ0v) is 11.6. The number of tetrazole rings is 1. The number of rotatable bonds is 3. The fraction of sp³-hybridized carbons (Fsp3) is 0.467. The van der Waals surface area contributed by atoms with E-state index in [0.717, 1.165) is 12.8 Å². The van der Waals surface area contributed by atoms with Crippen LogP contribution >= 0.6 is 0 Å². The summed E-state index contributed by atoms with van der Waals surface area (Å²) in [7, 11) is 1.74. The van der Waals surface area contributed by atoms with Crippen molar-refractivity contribution in [3.05, 3.63) is 41.7 Å². The first kappa shape index (κ1) is 13.0. The Morgan fingerprint density at radius 3 is 2.80 bits per heavy atom. The SMILES string of the molecule is Cn1nnc(CC2CC(c3ccccc3)CCC2=O)n1. The van der Waals surface area contributed by atoms with Crippen LogP contribution in [0, 0.1) is 5.92 Å². The molecule has 0 aliphatic heterocycles. The van der Waals surface area contributed by atoms with Gasteiger partial charge in [-0.3, -0.25) is 4.79 Å². The largest absolute Gasteiger partial charge is 0.299 e. The Bertz CT molecular complexity index is 593. The van der Waals surface area contributed by atoms with Crippen LogP contribution in [0.15, 0.2) is 30.3 Å². The topological polar surface area (TPSA) is 60.7 Å². The van der Waals surface area contributed by atoms with Crippen molar-refractivity contribution < 1.29 is 4.79 Å². The van der Waals surface area contributed by atoms with Crippen LogP contribution in [0.2, 0.25) is 0 Å². The second-order valence-electron chi connectivity index (χ2n) is 5.44. The van der Waals surface area contributed by atoms with Crippen LogP contribution in [-0.4, -0.2) is 26.0 Å². The summed E-state index contributed by atoms with van der Waals surface area (Å²) in [5.74, 6) is 1.50. The van der Waals surface area contributed by atoms with Crippen molar-refractivity contribution in [2.24, 2.45) is 13.0 Å². The summed E-state index contributed by atoms with van der Waals surface area (Å²) in [6.07, 6.45) is 3.11. The Labute approximate surface area is 118 Å². The Kier molecular flexibility index (Phi) is 3.58. The molecule has 2 unspecified atom stereocenters. The molecule has 1 aliphatic carbocycles. The van der Waals surface area contributed by atoms with Crippen LogP contribution in [0.25, 0.3) is 0 Å². The van der Waals surface area contributed by atoms with Crippen LogP contribution in [0.3, 0.4) is 0 Å². The first-order valence-corrected chi connectivity index (χ1v) is 7.03. The van der Waals surface area contributed by atoms with Crippen molar-refractivity contribution in [1.82, 2.24) is 20.2 Å². The van der Waals surface area contributed by atoms with Crippen LogP contribution in [0.4, 0.5) is 0 Å². The standard InChI is InChI=1S/C15H18N4O/c1-19-17-15(16-18-19)10-13-9-12(7-8-14(13)20)11-5-3-2-4-6-11/h2-6,12-13H,7-10H2,1H3. The minimum Gasteiger partial charge on any atom is -0.299 e. The van der Waals surface area contributed by atoms with Gasteiger partial charge in [0.2, 0.25) is 0 Å². The number of carbonyl (C=O) groups excluding carboxylic acids is 1. The van der Waals surface area contributed by atoms with Gasteiger partial charge in [0.05, 0.1) is 7.05 Å². The summed E-state index contributed by atoms with van der Waals surface area (Å²) in [5, 5.41) is 12.0. The average molecular weight is 270 g/mol. The first-order chi connectivity index (χ1) is 9.72. The molecule has 1 heterocycles. The smallest absolute Gasteiger partial charge is 0.175 e. The molecular weight excluding hydrogens is 252 g/mol. The van der Waals surface area contributed by atoms with Gasteiger partial charge in [0.25, 0.3) is 0 Å². The van der Waals surface area contributed by atoms with E-state index in [1.165, 1.54) is 10.4 Å². The van der Waals surface area contributed by atoms with Gasteiger partial charge >= 0.3 is 0 Å². The van der Waals surface area contributed by atoms with Crippen LogP contribution in [0.1, 0.15) is 36.6 Å². The quantitative estimate of drug-likeness (QED) is 0.854. The molecule has 2 atom stereocenters. The summed E-state index contributed by atoms with van der Waals surface area (Å²) in [6, 6.07) is 10.4. The zero-order chi connectivity index (χ0) is 13.9. The molecule has 2 aromatic rings. The maximum Gasteiger partial charge on any atom is 0.175 e. The highest BCUT2D eigenvalue weighted by atomic mass is 16.1. The fourth-order valence-electron chi connectivity index (χ4n) is 2.96. The van der Waals surface area contributed by atoms with Crippen LogP contribution in [-0.2, 0) is 18.3 Å². The summed E-state index contributed by atoms with van der Waals surface area (Å²) in [6.45, 7) is 0. The highest BCUT2D eigenvalue weighted by molar-refractivity contribution is 5.82. The highest BCUT2D eigenvalue weighted by Crippen LogP contribution is 2.35. The van der Waals surface area contributed by atoms with Crippen molar-refractivity contribution in [1.29, 1.82) is 0 Å². The van der Waals surface area contributed by atoms with Crippen molar-refractivity contribution in [3.8, 4) is 0 Å². The first-order valence-electron chi connectivity index (χ1n) is 7.03. The molecule has 1 aromatic heterocycles. The van der Waals surface area contributed by atoms with E-state index < -0.39 is 0 Å². The molecule has 0 bridgehead atoms. The number of aromatic nitrogens is 4. The van der Waals surface area contributed by atoms with E-state index in [2.05, 4.69) is 39.7 Å². The molecule has 0 radical (unpaired) electrons. The lowest BCUT2D eigenvalue weighted by Crippen LogP contribution is -2.26. The Balaban J connectivity index is 1.72. The lowest BCUT2D eigenvalue weighted by atomic mass is 9.76. The molecule has 1 aromatic carbocycles. The van der Waals surface area contributed by atoms with Gasteiger partial charge in [-0.1, -0.05) is 30.3 Å². The van der Waals surface area contributed by atoms with E-state index in [0.29, 0.717) is 30.4 Å². The van der Waals surface area contributed by atoms with E-state index in [1.54, 1.807) is 7.05 Å². The van der Waals surface area contributed by atoms with Crippen LogP contribution in [0.5, 0.6) is 0 Å². The maximum absolute atomic E-state index is 12.1. The van der Waals surface area contributed by atoms with Crippen molar-refractivity contribution in [3.63, 3.8) is 0 Å². The predicted molar refractivity (Wildman–Crippen MR) is 74.0 cm³/mol. The number of hydrogen-bond donors (Lipinski definition) is 0. The Morgan fingerprint density at radius 2 is 2.10 bits per heavy atom. The minimum absolute atomic E-state index is 0.0261. The van der Waals surface area contributed by atoms with Gasteiger partial charge in [-0.2, -0.15) is 4.80 Å². The summed E-state index contributed by atoms with van der Waals surface area (Å²) in [4.78, 5) is 13.5. The lowest BCUT2D eigenvalue weighted by molar-refractivity contribution is -0.124. The second-order valence-corrected chi connectivity index (χ2v) is 5.44. The minimum atomic E-state index is 0.0261. The average Bonchev–Trinajstić information content (AvgIpc) is 2.88. The van der Waals surface area contributed by atoms with Gasteiger partial charge in [0, 0.05) is 18.8 Å². The van der Waals surface area contributed by atoms with Gasteiger partial charge in [-0.15, -0.1) is 10.2 Å². The molecule has 5 heteroatoms. The third kappa shape index (κ3) is 2.76. The molecule has 0 spiro atoms. The van der Waals surface area contributed by atoms with E-state index >= 15 is 0 Å². The predicted octanol–water partition coefficient (Wildman–Crippen LogP) is 1.91. The number of nitrogens with zero attached hydrogens (tertiary/aromatic N) is 4. The molecule has 5 nitrogen and oxygen atoms in total. The van der Waals surface area contributed by atoms with Gasteiger partial charge in [0.15, 0.2) is 5.82 Å². The molecule has 1 aliphatic rings. The fourth-order valence-corrected chi connectivity index (χ4v) is 2.96. The van der Waals surface area contributed by atoms with Gasteiger partial charge in [-0.05, 0) is 29.5 Å². The highest BCUT2D eigenvalue weighted by Gasteiger charge is 2.30. The van der Waals surface area contributed by atoms with Gasteiger partial charge in [0.1, 0.15) is 5.78 Å². The number of aryl methyl sites for hydroxylation is 1. The summed E-state index contributed by atoms with van der Waals surface area (Å²) < 4.78 is 0. The van der Waals surface area contributed by atoms with E-state index in [4.69, 9.17) is 0 Å². The molecule has 104 valence electrons. The molecule has 0 amide bonds. The number of Topliss-reactive ketones (excluding diaryl/α,β-unsaturated/α-hetero) is 1. The zero-order valence-electron chi connectivity index (χ0n) is 11.6. The third-order valence-electron chi connectivity index (χ3n) is 4.01. The number of carbonyl (C=O) groups is 1. The number of hydrogen-bond acceptors (Lipinski definition) is 4. The van der Waals surface area contributed by atoms with E-state index in [1.807, 2.05) is 6.07 Å². The molecular formula is C15H18N4O. The summed E-state index contributed by atoms with van der Waals surface area (Å²) in [5.41, 5.74) is 1.33. The van der Waals surface area contributed by atoms with E-state index in [9.17, 15) is 4.79 Å². The summed E-state index contributed by atoms with van der Waals surface area (Å²) >= 11 is 0. The van der Waals surface area contributed by atoms with Crippen molar-refractivity contribution >= 4 is 5.78 Å². The maximum atomic E-state index is 12.1. The molecule has 1 fully saturated rings.